The number of nitrogens with zero attached hydrogens (tertiary/aromatic N) is 3. The van der Waals surface area contributed by atoms with E-state index in [-0.39, 0.29) is 5.91 Å². The Hall–Kier alpha value is -1.79. The topological polar surface area (TPSA) is 46.1 Å². The summed E-state index contributed by atoms with van der Waals surface area (Å²) >= 11 is 5.02. The molecule has 134 valence electrons. The van der Waals surface area contributed by atoms with E-state index < -0.39 is 0 Å². The van der Waals surface area contributed by atoms with Gasteiger partial charge in [0.05, 0.1) is 4.88 Å². The van der Waals surface area contributed by atoms with E-state index in [1.165, 1.54) is 11.3 Å². The van der Waals surface area contributed by atoms with Crippen LogP contribution in [0.5, 0.6) is 0 Å². The van der Waals surface area contributed by atoms with Gasteiger partial charge in [-0.3, -0.25) is 4.79 Å². The normalized spacial score (nSPS) is 14.0. The highest BCUT2D eigenvalue weighted by molar-refractivity contribution is 9.10. The number of thiophene rings is 1. The van der Waals surface area contributed by atoms with Gasteiger partial charge in [-0.2, -0.15) is 0 Å². The molecule has 0 N–H and O–H groups in total. The van der Waals surface area contributed by atoms with Gasteiger partial charge in [-0.1, -0.05) is 28.1 Å². The van der Waals surface area contributed by atoms with Gasteiger partial charge in [0.2, 0.25) is 0 Å². The number of aromatic nitrogens is 2. The molecule has 0 bridgehead atoms. The van der Waals surface area contributed by atoms with Gasteiger partial charge in [0.15, 0.2) is 0 Å². The zero-order chi connectivity index (χ0) is 18.4. The maximum Gasteiger partial charge on any atom is 0.264 e. The van der Waals surface area contributed by atoms with Crippen LogP contribution in [0.4, 0.5) is 0 Å². The third-order valence-electron chi connectivity index (χ3n) is 4.77. The van der Waals surface area contributed by atoms with Crippen LogP contribution in [0.3, 0.4) is 0 Å². The standard InChI is InChI=1S/C20H20BrN3OS/c1-11-17-12(2)22-13(3)23-19(17)26-18(11)20(25)24(16-7-8-16)10-14-5-4-6-15(21)9-14/h4-6,9,16H,7-8,10H2,1-3H3. The summed E-state index contributed by atoms with van der Waals surface area (Å²) in [5.74, 6) is 0.869. The maximum atomic E-state index is 13.4. The van der Waals surface area contributed by atoms with Gasteiger partial charge in [0.25, 0.3) is 5.91 Å². The van der Waals surface area contributed by atoms with Crippen LogP contribution >= 0.6 is 27.3 Å². The number of rotatable bonds is 4. The summed E-state index contributed by atoms with van der Waals surface area (Å²) in [6.07, 6.45) is 2.17. The Kier molecular flexibility index (Phi) is 4.57. The fourth-order valence-corrected chi connectivity index (χ4v) is 5.07. The van der Waals surface area contributed by atoms with Crippen molar-refractivity contribution in [3.05, 3.63) is 56.3 Å². The lowest BCUT2D eigenvalue weighted by atomic mass is 10.1. The van der Waals surface area contributed by atoms with Crippen LogP contribution in [0.2, 0.25) is 0 Å². The molecule has 2 aromatic heterocycles. The van der Waals surface area contributed by atoms with E-state index in [4.69, 9.17) is 0 Å². The minimum atomic E-state index is 0.116. The summed E-state index contributed by atoms with van der Waals surface area (Å²) in [7, 11) is 0. The molecule has 1 saturated carbocycles. The predicted molar refractivity (Wildman–Crippen MR) is 109 cm³/mol. The van der Waals surface area contributed by atoms with Crippen LogP contribution in [-0.2, 0) is 6.54 Å². The van der Waals surface area contributed by atoms with Crippen molar-refractivity contribution in [3.63, 3.8) is 0 Å². The Bertz CT molecular complexity index is 1010. The van der Waals surface area contributed by atoms with Crippen LogP contribution in [0.25, 0.3) is 10.2 Å². The monoisotopic (exact) mass is 429 g/mol. The molecule has 0 radical (unpaired) electrons. The smallest absolute Gasteiger partial charge is 0.264 e. The average molecular weight is 430 g/mol. The number of aryl methyl sites for hydroxylation is 3. The molecule has 1 aromatic carbocycles. The summed E-state index contributed by atoms with van der Waals surface area (Å²) < 4.78 is 1.04. The Balaban J connectivity index is 1.71. The highest BCUT2D eigenvalue weighted by Crippen LogP contribution is 2.36. The first-order valence-corrected chi connectivity index (χ1v) is 10.3. The lowest BCUT2D eigenvalue weighted by Gasteiger charge is -2.22. The van der Waals surface area contributed by atoms with Crippen molar-refractivity contribution in [1.82, 2.24) is 14.9 Å². The second-order valence-corrected chi connectivity index (χ2v) is 8.80. The largest absolute Gasteiger partial charge is 0.331 e. The molecule has 3 aromatic rings. The lowest BCUT2D eigenvalue weighted by molar-refractivity contribution is 0.0734. The molecular formula is C20H20BrN3OS. The summed E-state index contributed by atoms with van der Waals surface area (Å²) in [5.41, 5.74) is 3.10. The number of hydrogen-bond donors (Lipinski definition) is 0. The molecule has 6 heteroatoms. The average Bonchev–Trinajstić information content (AvgIpc) is 3.36. The number of carbonyl (C=O) groups excluding carboxylic acids is 1. The predicted octanol–water partition coefficient (Wildman–Crippen LogP) is 5.18. The molecule has 0 aliphatic heterocycles. The lowest BCUT2D eigenvalue weighted by Crippen LogP contribution is -2.32. The van der Waals surface area contributed by atoms with Crippen LogP contribution in [-0.4, -0.2) is 26.8 Å². The van der Waals surface area contributed by atoms with Gasteiger partial charge in [-0.05, 0) is 56.9 Å². The third-order valence-corrected chi connectivity index (χ3v) is 6.43. The van der Waals surface area contributed by atoms with Gasteiger partial charge in [-0.15, -0.1) is 11.3 Å². The highest BCUT2D eigenvalue weighted by Gasteiger charge is 2.34. The second kappa shape index (κ2) is 6.74. The zero-order valence-electron chi connectivity index (χ0n) is 15.0. The van der Waals surface area contributed by atoms with E-state index in [1.807, 2.05) is 37.8 Å². The number of hydrogen-bond acceptors (Lipinski definition) is 4. The quantitative estimate of drug-likeness (QED) is 0.573. The molecule has 1 aliphatic rings. The van der Waals surface area contributed by atoms with Crippen molar-refractivity contribution in [1.29, 1.82) is 0 Å². The van der Waals surface area contributed by atoms with Crippen molar-refractivity contribution >= 4 is 43.4 Å². The van der Waals surface area contributed by atoms with E-state index in [0.717, 1.165) is 55.1 Å². The van der Waals surface area contributed by atoms with Crippen molar-refractivity contribution in [2.75, 3.05) is 0 Å². The van der Waals surface area contributed by atoms with Crippen LogP contribution in [0.15, 0.2) is 28.7 Å². The van der Waals surface area contributed by atoms with E-state index in [0.29, 0.717) is 12.6 Å². The van der Waals surface area contributed by atoms with Crippen LogP contribution in [0.1, 0.15) is 45.2 Å². The molecule has 1 aliphatic carbocycles. The zero-order valence-corrected chi connectivity index (χ0v) is 17.4. The molecule has 4 nitrogen and oxygen atoms in total. The summed E-state index contributed by atoms with van der Waals surface area (Å²) in [5, 5.41) is 1.03. The van der Waals surface area contributed by atoms with Crippen molar-refractivity contribution in [2.24, 2.45) is 0 Å². The Morgan fingerprint density at radius 2 is 2.04 bits per heavy atom. The van der Waals surface area contributed by atoms with Crippen molar-refractivity contribution in [3.8, 4) is 0 Å². The first kappa shape index (κ1) is 17.6. The third kappa shape index (κ3) is 3.28. The van der Waals surface area contributed by atoms with Crippen LogP contribution in [0, 0.1) is 20.8 Å². The molecule has 1 fully saturated rings. The number of carbonyl (C=O) groups is 1. The molecule has 0 atom stereocenters. The van der Waals surface area contributed by atoms with Gasteiger partial charge in [0, 0.05) is 28.1 Å². The summed E-state index contributed by atoms with van der Waals surface area (Å²) in [4.78, 5) is 26.1. The van der Waals surface area contributed by atoms with E-state index in [2.05, 4.69) is 38.0 Å². The second-order valence-electron chi connectivity index (χ2n) is 6.89. The molecule has 2 heterocycles. The van der Waals surface area contributed by atoms with Gasteiger partial charge >= 0.3 is 0 Å². The maximum absolute atomic E-state index is 13.4. The van der Waals surface area contributed by atoms with Gasteiger partial charge in [-0.25, -0.2) is 9.97 Å². The fraction of sp³-hybridized carbons (Fsp3) is 0.350. The number of fused-ring (bicyclic) bond motifs is 1. The molecule has 0 unspecified atom stereocenters. The summed E-state index contributed by atoms with van der Waals surface area (Å²) in [6, 6.07) is 8.53. The first-order chi connectivity index (χ1) is 12.4. The molecule has 0 saturated heterocycles. The molecular weight excluding hydrogens is 410 g/mol. The minimum absolute atomic E-state index is 0.116. The minimum Gasteiger partial charge on any atom is -0.331 e. The molecule has 26 heavy (non-hydrogen) atoms. The van der Waals surface area contributed by atoms with Crippen molar-refractivity contribution < 1.29 is 4.79 Å². The Labute approximate surface area is 165 Å². The molecule has 4 rings (SSSR count). The van der Waals surface area contributed by atoms with Crippen molar-refractivity contribution in [2.45, 2.75) is 46.2 Å². The summed E-state index contributed by atoms with van der Waals surface area (Å²) in [6.45, 7) is 6.54. The molecule has 0 spiro atoms. The van der Waals surface area contributed by atoms with E-state index in [1.54, 1.807) is 0 Å². The highest BCUT2D eigenvalue weighted by atomic mass is 79.9. The van der Waals surface area contributed by atoms with Gasteiger partial charge in [0.1, 0.15) is 10.7 Å². The molecule has 1 amide bonds. The number of amides is 1. The van der Waals surface area contributed by atoms with E-state index in [9.17, 15) is 4.79 Å². The fourth-order valence-electron chi connectivity index (χ4n) is 3.39. The van der Waals surface area contributed by atoms with E-state index >= 15 is 0 Å². The first-order valence-electron chi connectivity index (χ1n) is 8.74. The van der Waals surface area contributed by atoms with Gasteiger partial charge < -0.3 is 4.90 Å². The Morgan fingerprint density at radius 1 is 1.27 bits per heavy atom. The SMILES string of the molecule is Cc1nc(C)c2c(C)c(C(=O)N(Cc3cccc(Br)c3)C3CC3)sc2n1. The Morgan fingerprint density at radius 3 is 2.73 bits per heavy atom. The van der Waals surface area contributed by atoms with Crippen LogP contribution < -0.4 is 0 Å². The number of benzene rings is 1. The number of halogens is 1.